The second kappa shape index (κ2) is 11.4. The minimum Gasteiger partial charge on any atom is -0.405 e. The zero-order chi connectivity index (χ0) is 29.1. The number of nitrogens with zero attached hydrogens (tertiary/aromatic N) is 4. The summed E-state index contributed by atoms with van der Waals surface area (Å²) in [5.74, 6) is -1.20. The normalized spacial score (nSPS) is 17.6. The standard InChI is InChI=1S/C28H27F3N8O2/c1-38-11-13-39(14-12-38)21-15-18(28(29,30)31)16-34-23(21)24(32)41-27(33)37-25-26(40)35-20-10-6-5-9-19(20)22(36-25)17-7-3-2-4-8-17/h2-10,15-16,25,32H,11-14H2,1H3,(H2,33,37)(H,35,40). The van der Waals surface area contributed by atoms with Gasteiger partial charge in [0.15, 0.2) is 0 Å². The van der Waals surface area contributed by atoms with E-state index in [1.807, 2.05) is 54.4 Å². The van der Waals surface area contributed by atoms with Crippen molar-refractivity contribution in [3.8, 4) is 0 Å². The number of hydrogen-bond acceptors (Lipinski definition) is 8. The SMILES string of the molecule is CN1CCN(c2cc(C(F)(F)F)cnc2C(=N)OC(=N)NC2N=C(c3ccccc3)c3ccccc3NC2=O)CC1. The summed E-state index contributed by atoms with van der Waals surface area (Å²) in [6.45, 7) is 2.08. The summed E-state index contributed by atoms with van der Waals surface area (Å²) in [7, 11) is 1.91. The average molecular weight is 565 g/mol. The summed E-state index contributed by atoms with van der Waals surface area (Å²) in [4.78, 5) is 25.3. The van der Waals surface area contributed by atoms with Crippen LogP contribution in [0.3, 0.4) is 0 Å². The van der Waals surface area contributed by atoms with Gasteiger partial charge in [0.1, 0.15) is 5.69 Å². The number of anilines is 2. The van der Waals surface area contributed by atoms with Crippen molar-refractivity contribution in [3.63, 3.8) is 0 Å². The van der Waals surface area contributed by atoms with Gasteiger partial charge in [-0.25, -0.2) is 9.98 Å². The molecule has 212 valence electrons. The van der Waals surface area contributed by atoms with Crippen molar-refractivity contribution in [3.05, 3.63) is 89.2 Å². The number of carbonyl (C=O) groups is 1. The topological polar surface area (TPSA) is 130 Å². The monoisotopic (exact) mass is 564 g/mol. The van der Waals surface area contributed by atoms with Gasteiger partial charge in [-0.3, -0.25) is 15.6 Å². The van der Waals surface area contributed by atoms with Crippen molar-refractivity contribution >= 4 is 34.9 Å². The lowest BCUT2D eigenvalue weighted by Crippen LogP contribution is -2.45. The quantitative estimate of drug-likeness (QED) is 0.284. The number of pyridine rings is 1. The van der Waals surface area contributed by atoms with Crippen molar-refractivity contribution in [2.24, 2.45) is 4.99 Å². The highest BCUT2D eigenvalue weighted by Gasteiger charge is 2.34. The Morgan fingerprint density at radius 2 is 1.73 bits per heavy atom. The number of amidine groups is 1. The third kappa shape index (κ3) is 6.19. The van der Waals surface area contributed by atoms with E-state index in [9.17, 15) is 18.0 Å². The molecule has 0 saturated carbocycles. The van der Waals surface area contributed by atoms with Crippen LogP contribution in [0.25, 0.3) is 0 Å². The van der Waals surface area contributed by atoms with E-state index in [1.54, 1.807) is 17.0 Å². The van der Waals surface area contributed by atoms with E-state index in [0.29, 0.717) is 49.3 Å². The lowest BCUT2D eigenvalue weighted by Gasteiger charge is -2.35. The van der Waals surface area contributed by atoms with E-state index in [0.717, 1.165) is 11.6 Å². The molecule has 2 aromatic carbocycles. The smallest absolute Gasteiger partial charge is 0.405 e. The van der Waals surface area contributed by atoms with Crippen LogP contribution < -0.4 is 15.5 Å². The Kier molecular flexibility index (Phi) is 7.70. The number of halogens is 3. The summed E-state index contributed by atoms with van der Waals surface area (Å²) in [5.41, 5.74) is 1.44. The van der Waals surface area contributed by atoms with Gasteiger partial charge in [-0.05, 0) is 19.2 Å². The number of carbonyl (C=O) groups excluding carboxylic acids is 1. The number of para-hydroxylation sites is 1. The molecule has 1 amide bonds. The van der Waals surface area contributed by atoms with Gasteiger partial charge in [0.2, 0.25) is 12.1 Å². The molecule has 1 fully saturated rings. The van der Waals surface area contributed by atoms with E-state index >= 15 is 0 Å². The summed E-state index contributed by atoms with van der Waals surface area (Å²) in [5, 5.41) is 22.1. The van der Waals surface area contributed by atoms with Gasteiger partial charge >= 0.3 is 6.18 Å². The first-order valence-electron chi connectivity index (χ1n) is 12.8. The first-order valence-corrected chi connectivity index (χ1v) is 12.8. The van der Waals surface area contributed by atoms with Gasteiger partial charge in [0, 0.05) is 43.5 Å². The highest BCUT2D eigenvalue weighted by atomic mass is 19.4. The molecule has 13 heteroatoms. The molecule has 1 unspecified atom stereocenters. The Morgan fingerprint density at radius 1 is 1.05 bits per heavy atom. The van der Waals surface area contributed by atoms with E-state index in [-0.39, 0.29) is 11.4 Å². The van der Waals surface area contributed by atoms with Gasteiger partial charge in [-0.15, -0.1) is 0 Å². The number of hydrogen-bond donors (Lipinski definition) is 4. The molecule has 1 saturated heterocycles. The van der Waals surface area contributed by atoms with Crippen LogP contribution in [0.2, 0.25) is 0 Å². The molecule has 3 heterocycles. The first-order chi connectivity index (χ1) is 19.6. The zero-order valence-electron chi connectivity index (χ0n) is 22.0. The molecule has 2 aliphatic rings. The van der Waals surface area contributed by atoms with E-state index < -0.39 is 35.7 Å². The molecule has 4 N–H and O–H groups in total. The van der Waals surface area contributed by atoms with Crippen molar-refractivity contribution in [2.75, 3.05) is 43.4 Å². The maximum atomic E-state index is 13.5. The maximum absolute atomic E-state index is 13.5. The molecule has 3 aromatic rings. The minimum absolute atomic E-state index is 0.0813. The lowest BCUT2D eigenvalue weighted by molar-refractivity contribution is -0.137. The number of benzodiazepines with no additional fused rings is 1. The van der Waals surface area contributed by atoms with Crippen LogP contribution in [-0.2, 0) is 15.7 Å². The minimum atomic E-state index is -4.62. The zero-order valence-corrected chi connectivity index (χ0v) is 22.0. The number of ether oxygens (including phenoxy) is 1. The van der Waals surface area contributed by atoms with Gasteiger partial charge in [-0.2, -0.15) is 13.2 Å². The largest absolute Gasteiger partial charge is 0.417 e. The van der Waals surface area contributed by atoms with Crippen LogP contribution in [-0.4, -0.2) is 72.8 Å². The Bertz CT molecular complexity index is 1500. The number of aliphatic imine (C=N–C) groups is 1. The molecular formula is C28H27F3N8O2. The molecule has 1 aromatic heterocycles. The molecule has 10 nitrogen and oxygen atoms in total. The molecular weight excluding hydrogens is 537 g/mol. The van der Waals surface area contributed by atoms with Gasteiger partial charge < -0.3 is 25.2 Å². The highest BCUT2D eigenvalue weighted by Crippen LogP contribution is 2.33. The third-order valence-electron chi connectivity index (χ3n) is 6.72. The third-order valence-corrected chi connectivity index (χ3v) is 6.72. The predicted molar refractivity (Wildman–Crippen MR) is 149 cm³/mol. The molecule has 2 aliphatic heterocycles. The lowest BCUT2D eigenvalue weighted by atomic mass is 10.0. The number of amides is 1. The number of likely N-dealkylation sites (N-methyl/N-ethyl adjacent to an activating group) is 1. The van der Waals surface area contributed by atoms with Crippen molar-refractivity contribution in [1.82, 2.24) is 15.2 Å². The van der Waals surface area contributed by atoms with Gasteiger partial charge in [0.25, 0.3) is 11.9 Å². The predicted octanol–water partition coefficient (Wildman–Crippen LogP) is 3.53. The Hall–Kier alpha value is -4.78. The number of rotatable bonds is 4. The number of nitrogens with one attached hydrogen (secondary N) is 4. The van der Waals surface area contributed by atoms with Crippen LogP contribution in [0.4, 0.5) is 24.5 Å². The molecule has 1 atom stereocenters. The van der Waals surface area contributed by atoms with E-state index in [4.69, 9.17) is 15.6 Å². The van der Waals surface area contributed by atoms with E-state index in [1.165, 1.54) is 0 Å². The number of fused-ring (bicyclic) bond motifs is 1. The van der Waals surface area contributed by atoms with E-state index in [2.05, 4.69) is 20.6 Å². The molecule has 0 radical (unpaired) electrons. The Morgan fingerprint density at radius 3 is 2.44 bits per heavy atom. The average Bonchev–Trinajstić information content (AvgIpc) is 3.09. The molecule has 41 heavy (non-hydrogen) atoms. The summed E-state index contributed by atoms with van der Waals surface area (Å²) in [6, 6.07) is 16.6. The summed E-state index contributed by atoms with van der Waals surface area (Å²) in [6.07, 6.45) is -5.28. The van der Waals surface area contributed by atoms with Gasteiger partial charge in [-0.1, -0.05) is 48.5 Å². The van der Waals surface area contributed by atoms with Gasteiger partial charge in [0.05, 0.1) is 22.6 Å². The first kappa shape index (κ1) is 27.8. The molecule has 0 aliphatic carbocycles. The Labute approximate surface area is 233 Å². The maximum Gasteiger partial charge on any atom is 0.417 e. The second-order valence-corrected chi connectivity index (χ2v) is 9.57. The fourth-order valence-corrected chi connectivity index (χ4v) is 4.56. The number of piperazine rings is 1. The molecule has 0 spiro atoms. The van der Waals surface area contributed by atoms with Crippen LogP contribution >= 0.6 is 0 Å². The van der Waals surface area contributed by atoms with Crippen LogP contribution in [0.1, 0.15) is 22.4 Å². The molecule has 0 bridgehead atoms. The summed E-state index contributed by atoms with van der Waals surface area (Å²) < 4.78 is 45.8. The van der Waals surface area contributed by atoms with Crippen molar-refractivity contribution in [2.45, 2.75) is 12.3 Å². The fraction of sp³-hybridized carbons (Fsp3) is 0.250. The van der Waals surface area contributed by atoms with Crippen LogP contribution in [0.5, 0.6) is 0 Å². The van der Waals surface area contributed by atoms with Crippen LogP contribution in [0.15, 0.2) is 71.9 Å². The fourth-order valence-electron chi connectivity index (χ4n) is 4.56. The molecule has 5 rings (SSSR count). The summed E-state index contributed by atoms with van der Waals surface area (Å²) >= 11 is 0. The highest BCUT2D eigenvalue weighted by molar-refractivity contribution is 6.19. The number of benzene rings is 2. The van der Waals surface area contributed by atoms with Crippen molar-refractivity contribution in [1.29, 1.82) is 10.8 Å². The van der Waals surface area contributed by atoms with Crippen molar-refractivity contribution < 1.29 is 22.7 Å². The number of alkyl halides is 3. The number of aromatic nitrogens is 1. The second-order valence-electron chi connectivity index (χ2n) is 9.57. The van der Waals surface area contributed by atoms with Crippen LogP contribution in [0, 0.1) is 10.8 Å². The Balaban J connectivity index is 1.39.